The van der Waals surface area contributed by atoms with Crippen LogP contribution < -0.4 is 4.90 Å². The first kappa shape index (κ1) is 32.0. The van der Waals surface area contributed by atoms with Gasteiger partial charge in [0.15, 0.2) is 0 Å². The monoisotopic (exact) mass is 689 g/mol. The number of benzene rings is 9. The molecule has 1 nitrogen and oxygen atoms in total. The third kappa shape index (κ3) is 5.16. The second-order valence-corrected chi connectivity index (χ2v) is 14.9. The molecule has 0 heterocycles. The molecule has 0 N–H and O–H groups in total. The van der Waals surface area contributed by atoms with Crippen LogP contribution in [0.3, 0.4) is 0 Å². The van der Waals surface area contributed by atoms with Gasteiger partial charge in [0.1, 0.15) is 0 Å². The number of para-hydroxylation sites is 1. The van der Waals surface area contributed by atoms with Crippen molar-refractivity contribution in [3.63, 3.8) is 0 Å². The van der Waals surface area contributed by atoms with Crippen LogP contribution in [0.15, 0.2) is 200 Å². The molecule has 1 heteroatoms. The van der Waals surface area contributed by atoms with E-state index in [1.54, 1.807) is 0 Å². The molecular formula is C53H39N. The first-order chi connectivity index (χ1) is 26.6. The van der Waals surface area contributed by atoms with Gasteiger partial charge >= 0.3 is 0 Å². The quantitative estimate of drug-likeness (QED) is 0.157. The lowest BCUT2D eigenvalue weighted by Crippen LogP contribution is -2.17. The van der Waals surface area contributed by atoms with Gasteiger partial charge in [-0.3, -0.25) is 0 Å². The average Bonchev–Trinajstić information content (AvgIpc) is 3.46. The van der Waals surface area contributed by atoms with Crippen molar-refractivity contribution in [1.29, 1.82) is 0 Å². The molecule has 0 amide bonds. The summed E-state index contributed by atoms with van der Waals surface area (Å²) >= 11 is 0. The molecular weight excluding hydrogens is 651 g/mol. The normalized spacial score (nSPS) is 12.8. The van der Waals surface area contributed by atoms with Crippen LogP contribution in [-0.2, 0) is 5.41 Å². The molecule has 9 aromatic rings. The average molecular weight is 690 g/mol. The predicted octanol–water partition coefficient (Wildman–Crippen LogP) is 14.8. The van der Waals surface area contributed by atoms with Crippen molar-refractivity contribution in [3.05, 3.63) is 211 Å². The Morgan fingerprint density at radius 2 is 0.852 bits per heavy atom. The van der Waals surface area contributed by atoms with Crippen LogP contribution in [0.1, 0.15) is 25.0 Å². The maximum Gasteiger partial charge on any atom is 0.0540 e. The van der Waals surface area contributed by atoms with Gasteiger partial charge in [0.2, 0.25) is 0 Å². The summed E-state index contributed by atoms with van der Waals surface area (Å²) in [6.07, 6.45) is 0. The minimum atomic E-state index is -0.122. The third-order valence-electron chi connectivity index (χ3n) is 11.5. The lowest BCUT2D eigenvalue weighted by Gasteiger charge is -2.30. The summed E-state index contributed by atoms with van der Waals surface area (Å²) in [5.74, 6) is 0. The van der Waals surface area contributed by atoms with Crippen molar-refractivity contribution < 1.29 is 0 Å². The van der Waals surface area contributed by atoms with E-state index < -0.39 is 0 Å². The van der Waals surface area contributed by atoms with Gasteiger partial charge in [-0.1, -0.05) is 184 Å². The van der Waals surface area contributed by atoms with Crippen molar-refractivity contribution in [1.82, 2.24) is 0 Å². The van der Waals surface area contributed by atoms with Crippen LogP contribution in [-0.4, -0.2) is 0 Å². The van der Waals surface area contributed by atoms with Crippen LogP contribution in [0.5, 0.6) is 0 Å². The van der Waals surface area contributed by atoms with E-state index in [1.165, 1.54) is 77.2 Å². The summed E-state index contributed by atoms with van der Waals surface area (Å²) in [6.45, 7) is 4.72. The van der Waals surface area contributed by atoms with Crippen LogP contribution >= 0.6 is 0 Å². The molecule has 0 atom stereocenters. The van der Waals surface area contributed by atoms with Gasteiger partial charge in [-0.15, -0.1) is 0 Å². The zero-order valence-corrected chi connectivity index (χ0v) is 30.5. The maximum absolute atomic E-state index is 2.48. The Balaban J connectivity index is 1.20. The van der Waals surface area contributed by atoms with Crippen molar-refractivity contribution in [3.8, 4) is 44.5 Å². The van der Waals surface area contributed by atoms with E-state index in [1.807, 2.05) is 0 Å². The van der Waals surface area contributed by atoms with Crippen molar-refractivity contribution in [2.45, 2.75) is 19.3 Å². The molecule has 0 aliphatic heterocycles. The molecule has 1 aliphatic rings. The highest BCUT2D eigenvalue weighted by atomic mass is 15.1. The Labute approximate surface area is 317 Å². The molecule has 9 aromatic carbocycles. The van der Waals surface area contributed by atoms with Gasteiger partial charge in [0.05, 0.1) is 5.69 Å². The summed E-state index contributed by atoms with van der Waals surface area (Å²) in [4.78, 5) is 2.48. The molecule has 0 fully saturated rings. The summed E-state index contributed by atoms with van der Waals surface area (Å²) in [6, 6.07) is 73.5. The topological polar surface area (TPSA) is 3.24 Å². The van der Waals surface area contributed by atoms with Crippen LogP contribution in [0.2, 0.25) is 0 Å². The number of hydrogen-bond acceptors (Lipinski definition) is 1. The molecule has 0 bridgehead atoms. The van der Waals surface area contributed by atoms with Crippen molar-refractivity contribution in [2.24, 2.45) is 0 Å². The SMILES string of the molecule is CC1(C)c2ccccc2-c2ccc(N(c3ccc4c(ccc5ccccc54)c3)c3ccccc3-c3ccccc3-c3ccccc3-c3ccccc3)cc21. The van der Waals surface area contributed by atoms with Crippen LogP contribution in [0, 0.1) is 0 Å². The summed E-state index contributed by atoms with van der Waals surface area (Å²) in [5.41, 5.74) is 15.9. The standard InChI is InChI=1S/C53H39N/c1-53(2)50-26-14-12-24-47(50)48-33-31-40(35-51(48)53)54(39-30-32-43-38(34-39)29-28-37-18-6-7-19-41(37)43)52-27-15-13-25-49(52)46-23-11-10-22-45(46)44-21-9-8-20-42(44)36-16-4-3-5-17-36/h3-35H,1-2H3. The summed E-state index contributed by atoms with van der Waals surface area (Å²) in [5, 5.41) is 5.02. The maximum atomic E-state index is 2.48. The molecule has 0 unspecified atom stereocenters. The predicted molar refractivity (Wildman–Crippen MR) is 230 cm³/mol. The van der Waals surface area contributed by atoms with Gasteiger partial charge in [-0.2, -0.15) is 0 Å². The molecule has 0 saturated heterocycles. The van der Waals surface area contributed by atoms with E-state index in [-0.39, 0.29) is 5.41 Å². The second kappa shape index (κ2) is 12.8. The molecule has 256 valence electrons. The first-order valence-electron chi connectivity index (χ1n) is 18.9. The fourth-order valence-electron chi connectivity index (χ4n) is 8.83. The van der Waals surface area contributed by atoms with Gasteiger partial charge in [-0.25, -0.2) is 0 Å². The van der Waals surface area contributed by atoms with E-state index in [4.69, 9.17) is 0 Å². The van der Waals surface area contributed by atoms with Gasteiger partial charge in [0.25, 0.3) is 0 Å². The first-order valence-corrected chi connectivity index (χ1v) is 18.9. The molecule has 0 saturated carbocycles. The van der Waals surface area contributed by atoms with Crippen molar-refractivity contribution >= 4 is 38.6 Å². The molecule has 0 radical (unpaired) electrons. The number of rotatable bonds is 6. The Bertz CT molecular complexity index is 2860. The Morgan fingerprint density at radius 1 is 0.333 bits per heavy atom. The molecule has 0 spiro atoms. The highest BCUT2D eigenvalue weighted by molar-refractivity contribution is 6.09. The molecule has 1 aliphatic carbocycles. The zero-order chi connectivity index (χ0) is 36.2. The number of anilines is 3. The van der Waals surface area contributed by atoms with E-state index >= 15 is 0 Å². The summed E-state index contributed by atoms with van der Waals surface area (Å²) in [7, 11) is 0. The highest BCUT2D eigenvalue weighted by Crippen LogP contribution is 2.52. The molecule has 0 aromatic heterocycles. The van der Waals surface area contributed by atoms with Crippen LogP contribution in [0.25, 0.3) is 66.1 Å². The number of hydrogen-bond donors (Lipinski definition) is 0. The second-order valence-electron chi connectivity index (χ2n) is 14.9. The van der Waals surface area contributed by atoms with E-state index in [2.05, 4.69) is 219 Å². The smallest absolute Gasteiger partial charge is 0.0540 e. The third-order valence-corrected chi connectivity index (χ3v) is 11.5. The van der Waals surface area contributed by atoms with Gasteiger partial charge in [-0.05, 0) is 102 Å². The van der Waals surface area contributed by atoms with E-state index in [0.717, 1.165) is 17.1 Å². The largest absolute Gasteiger partial charge is 0.310 e. The Hall–Kier alpha value is -6.70. The lowest BCUT2D eigenvalue weighted by atomic mass is 9.82. The number of fused-ring (bicyclic) bond motifs is 6. The van der Waals surface area contributed by atoms with E-state index in [0.29, 0.717) is 0 Å². The zero-order valence-electron chi connectivity index (χ0n) is 30.5. The number of nitrogens with zero attached hydrogens (tertiary/aromatic N) is 1. The lowest BCUT2D eigenvalue weighted by molar-refractivity contribution is 0.660. The Morgan fingerprint density at radius 3 is 1.65 bits per heavy atom. The van der Waals surface area contributed by atoms with Gasteiger partial charge in [0, 0.05) is 22.4 Å². The van der Waals surface area contributed by atoms with Crippen LogP contribution in [0.4, 0.5) is 17.1 Å². The summed E-state index contributed by atoms with van der Waals surface area (Å²) < 4.78 is 0. The fourth-order valence-corrected chi connectivity index (χ4v) is 8.83. The minimum Gasteiger partial charge on any atom is -0.310 e. The highest BCUT2D eigenvalue weighted by Gasteiger charge is 2.36. The Kier molecular flexibility index (Phi) is 7.56. The van der Waals surface area contributed by atoms with Crippen molar-refractivity contribution in [2.75, 3.05) is 4.90 Å². The molecule has 54 heavy (non-hydrogen) atoms. The molecule has 10 rings (SSSR count). The van der Waals surface area contributed by atoms with Gasteiger partial charge < -0.3 is 4.90 Å². The minimum absolute atomic E-state index is 0.122. The van der Waals surface area contributed by atoms with E-state index in [9.17, 15) is 0 Å². The fraction of sp³-hybridized carbons (Fsp3) is 0.0566.